The van der Waals surface area contributed by atoms with Crippen LogP contribution in [0.2, 0.25) is 5.02 Å². The van der Waals surface area contributed by atoms with Crippen molar-refractivity contribution in [3.63, 3.8) is 0 Å². The predicted molar refractivity (Wildman–Crippen MR) is 89.6 cm³/mol. The molecule has 0 saturated heterocycles. The van der Waals surface area contributed by atoms with Gasteiger partial charge in [0.1, 0.15) is 0 Å². The van der Waals surface area contributed by atoms with Crippen molar-refractivity contribution < 1.29 is 14.3 Å². The highest BCUT2D eigenvalue weighted by atomic mass is 35.5. The van der Waals surface area contributed by atoms with Crippen LogP contribution in [0.4, 0.5) is 0 Å². The number of benzene rings is 2. The minimum Gasteiger partial charge on any atom is -0.454 e. The third-order valence-electron chi connectivity index (χ3n) is 3.55. The normalized spacial score (nSPS) is 14.0. The van der Waals surface area contributed by atoms with Crippen molar-refractivity contribution in [1.29, 1.82) is 0 Å². The van der Waals surface area contributed by atoms with Gasteiger partial charge >= 0.3 is 0 Å². The number of rotatable bonds is 4. The van der Waals surface area contributed by atoms with E-state index in [1.165, 1.54) is 6.08 Å². The van der Waals surface area contributed by atoms with Gasteiger partial charge in [0.2, 0.25) is 12.7 Å². The molecule has 0 spiro atoms. The molecule has 0 aromatic heterocycles. The molecule has 0 bridgehead atoms. The molecule has 1 N–H and O–H groups in total. The van der Waals surface area contributed by atoms with E-state index in [1.807, 2.05) is 49.4 Å². The highest BCUT2D eigenvalue weighted by Gasteiger charge is 2.12. The maximum atomic E-state index is 12.0. The van der Waals surface area contributed by atoms with Gasteiger partial charge in [-0.25, -0.2) is 0 Å². The van der Waals surface area contributed by atoms with Crippen LogP contribution in [0.3, 0.4) is 0 Å². The molecule has 1 heterocycles. The van der Waals surface area contributed by atoms with Gasteiger partial charge in [-0.15, -0.1) is 0 Å². The molecule has 1 amide bonds. The minimum absolute atomic E-state index is 0.0961. The van der Waals surface area contributed by atoms with Crippen molar-refractivity contribution in [3.05, 3.63) is 64.7 Å². The second kappa shape index (κ2) is 6.75. The lowest BCUT2D eigenvalue weighted by atomic mass is 10.1. The molecule has 3 rings (SSSR count). The number of nitrogens with one attached hydrogen (secondary N) is 1. The largest absolute Gasteiger partial charge is 0.454 e. The number of ether oxygens (including phenoxy) is 2. The van der Waals surface area contributed by atoms with Gasteiger partial charge in [-0.05, 0) is 48.4 Å². The fraction of sp³-hybridized carbons (Fsp3) is 0.167. The Morgan fingerprint density at radius 1 is 1.17 bits per heavy atom. The van der Waals surface area contributed by atoms with E-state index in [2.05, 4.69) is 5.32 Å². The zero-order valence-electron chi connectivity index (χ0n) is 12.6. The zero-order chi connectivity index (χ0) is 16.2. The molecule has 0 radical (unpaired) electrons. The Balaban J connectivity index is 1.61. The molecule has 118 valence electrons. The average Bonchev–Trinajstić information content (AvgIpc) is 3.01. The van der Waals surface area contributed by atoms with Gasteiger partial charge in [-0.3, -0.25) is 4.79 Å². The van der Waals surface area contributed by atoms with E-state index < -0.39 is 0 Å². The first kappa shape index (κ1) is 15.4. The van der Waals surface area contributed by atoms with Crippen molar-refractivity contribution in [2.45, 2.75) is 13.0 Å². The zero-order valence-corrected chi connectivity index (χ0v) is 13.3. The predicted octanol–water partition coefficient (Wildman–Crippen LogP) is 3.96. The summed E-state index contributed by atoms with van der Waals surface area (Å²) >= 11 is 5.86. The Kier molecular flexibility index (Phi) is 4.53. The van der Waals surface area contributed by atoms with E-state index in [1.54, 1.807) is 6.08 Å². The standard InChI is InChI=1S/C18H16ClNO3/c1-12(14-4-6-15(19)7-5-14)20-18(21)9-3-13-2-8-16-17(10-13)23-11-22-16/h2-10,12H,11H2,1H3,(H,20,21)/b9-3+/t12-/m0/s1. The van der Waals surface area contributed by atoms with Crippen molar-refractivity contribution in [2.75, 3.05) is 6.79 Å². The van der Waals surface area contributed by atoms with E-state index >= 15 is 0 Å². The molecule has 5 heteroatoms. The van der Waals surface area contributed by atoms with Crippen LogP contribution in [0.5, 0.6) is 11.5 Å². The van der Waals surface area contributed by atoms with Crippen molar-refractivity contribution >= 4 is 23.6 Å². The maximum absolute atomic E-state index is 12.0. The van der Waals surface area contributed by atoms with Crippen LogP contribution in [0.1, 0.15) is 24.1 Å². The summed E-state index contributed by atoms with van der Waals surface area (Å²) in [7, 11) is 0. The molecular formula is C18H16ClNO3. The summed E-state index contributed by atoms with van der Waals surface area (Å²) in [5.74, 6) is 1.26. The Morgan fingerprint density at radius 3 is 2.70 bits per heavy atom. The first-order valence-electron chi connectivity index (χ1n) is 7.25. The molecule has 1 aliphatic heterocycles. The molecule has 0 aliphatic carbocycles. The smallest absolute Gasteiger partial charge is 0.244 e. The summed E-state index contributed by atoms with van der Waals surface area (Å²) in [5.41, 5.74) is 1.88. The van der Waals surface area contributed by atoms with E-state index in [-0.39, 0.29) is 18.7 Å². The minimum atomic E-state index is -0.162. The number of hydrogen-bond donors (Lipinski definition) is 1. The second-order valence-corrected chi connectivity index (χ2v) is 5.66. The number of carbonyl (C=O) groups excluding carboxylic acids is 1. The average molecular weight is 330 g/mol. The van der Waals surface area contributed by atoms with Gasteiger partial charge < -0.3 is 14.8 Å². The highest BCUT2D eigenvalue weighted by Crippen LogP contribution is 2.32. The van der Waals surface area contributed by atoms with Gasteiger partial charge in [0.15, 0.2) is 11.5 Å². The van der Waals surface area contributed by atoms with Crippen molar-refractivity contribution in [2.24, 2.45) is 0 Å². The van der Waals surface area contributed by atoms with E-state index in [4.69, 9.17) is 21.1 Å². The molecule has 0 fully saturated rings. The summed E-state index contributed by atoms with van der Waals surface area (Å²) in [6.07, 6.45) is 3.25. The molecule has 23 heavy (non-hydrogen) atoms. The van der Waals surface area contributed by atoms with E-state index in [0.717, 1.165) is 16.9 Å². The monoisotopic (exact) mass is 329 g/mol. The number of carbonyl (C=O) groups is 1. The van der Waals surface area contributed by atoms with Gasteiger partial charge in [0.05, 0.1) is 6.04 Å². The summed E-state index contributed by atoms with van der Waals surface area (Å²) < 4.78 is 10.6. The summed E-state index contributed by atoms with van der Waals surface area (Å²) in [6, 6.07) is 12.9. The van der Waals surface area contributed by atoms with Crippen LogP contribution in [0, 0.1) is 0 Å². The quantitative estimate of drug-likeness (QED) is 0.864. The summed E-state index contributed by atoms with van der Waals surface area (Å²) in [6.45, 7) is 2.16. The third-order valence-corrected chi connectivity index (χ3v) is 3.80. The fourth-order valence-corrected chi connectivity index (χ4v) is 2.41. The summed E-state index contributed by atoms with van der Waals surface area (Å²) in [5, 5.41) is 3.59. The maximum Gasteiger partial charge on any atom is 0.244 e. The van der Waals surface area contributed by atoms with Crippen LogP contribution in [-0.4, -0.2) is 12.7 Å². The van der Waals surface area contributed by atoms with E-state index in [0.29, 0.717) is 10.8 Å². The lowest BCUT2D eigenvalue weighted by Gasteiger charge is -2.12. The molecule has 2 aromatic carbocycles. The first-order chi connectivity index (χ1) is 11.1. The van der Waals surface area contributed by atoms with E-state index in [9.17, 15) is 4.79 Å². The molecule has 1 aliphatic rings. The van der Waals surface area contributed by atoms with Crippen LogP contribution in [0.25, 0.3) is 6.08 Å². The number of halogens is 1. The highest BCUT2D eigenvalue weighted by molar-refractivity contribution is 6.30. The van der Waals surface area contributed by atoms with Gasteiger partial charge in [0.25, 0.3) is 0 Å². The first-order valence-corrected chi connectivity index (χ1v) is 7.63. The lowest BCUT2D eigenvalue weighted by Crippen LogP contribution is -2.24. The molecular weight excluding hydrogens is 314 g/mol. The number of hydrogen-bond acceptors (Lipinski definition) is 3. The fourth-order valence-electron chi connectivity index (χ4n) is 2.29. The molecule has 0 unspecified atom stereocenters. The van der Waals surface area contributed by atoms with Crippen molar-refractivity contribution in [1.82, 2.24) is 5.32 Å². The number of fused-ring (bicyclic) bond motifs is 1. The van der Waals surface area contributed by atoms with Gasteiger partial charge in [-0.2, -0.15) is 0 Å². The van der Waals surface area contributed by atoms with Gasteiger partial charge in [0, 0.05) is 11.1 Å². The SMILES string of the molecule is C[C@H](NC(=O)/C=C/c1ccc2c(c1)OCO2)c1ccc(Cl)cc1. The van der Waals surface area contributed by atoms with Crippen LogP contribution >= 0.6 is 11.6 Å². The third kappa shape index (κ3) is 3.85. The Labute approximate surface area is 139 Å². The molecule has 2 aromatic rings. The lowest BCUT2D eigenvalue weighted by molar-refractivity contribution is -0.117. The van der Waals surface area contributed by atoms with Crippen LogP contribution in [0.15, 0.2) is 48.5 Å². The van der Waals surface area contributed by atoms with Crippen molar-refractivity contribution in [3.8, 4) is 11.5 Å². The summed E-state index contributed by atoms with van der Waals surface area (Å²) in [4.78, 5) is 12.0. The van der Waals surface area contributed by atoms with Gasteiger partial charge in [-0.1, -0.05) is 29.8 Å². The Hall–Kier alpha value is -2.46. The topological polar surface area (TPSA) is 47.6 Å². The Bertz CT molecular complexity index is 740. The number of amides is 1. The second-order valence-electron chi connectivity index (χ2n) is 5.23. The Morgan fingerprint density at radius 2 is 1.91 bits per heavy atom. The van der Waals surface area contributed by atoms with Crippen LogP contribution in [-0.2, 0) is 4.79 Å². The molecule has 1 atom stereocenters. The molecule has 0 saturated carbocycles. The molecule has 4 nitrogen and oxygen atoms in total. The van der Waals surface area contributed by atoms with Crippen LogP contribution < -0.4 is 14.8 Å².